The Labute approximate surface area is 133 Å². The Hall–Kier alpha value is -3.48. The van der Waals surface area contributed by atoms with Gasteiger partial charge in [0.05, 0.1) is 10.9 Å². The summed E-state index contributed by atoms with van der Waals surface area (Å²) in [5.41, 5.74) is -1.43. The lowest BCUT2D eigenvalue weighted by Crippen LogP contribution is -2.22. The normalized spacial score (nSPS) is 11.2. The fraction of sp³-hybridized carbons (Fsp3) is 0. The summed E-state index contributed by atoms with van der Waals surface area (Å²) in [7, 11) is 0. The van der Waals surface area contributed by atoms with E-state index >= 15 is 0 Å². The van der Waals surface area contributed by atoms with Gasteiger partial charge in [-0.15, -0.1) is 0 Å². The molecule has 0 fully saturated rings. The molecule has 0 bridgehead atoms. The van der Waals surface area contributed by atoms with Gasteiger partial charge < -0.3 is 10.1 Å². The van der Waals surface area contributed by atoms with Gasteiger partial charge in [-0.05, 0) is 22.9 Å². The van der Waals surface area contributed by atoms with Crippen LogP contribution in [0.4, 0.5) is 4.39 Å². The number of aromatic amines is 2. The van der Waals surface area contributed by atoms with Crippen LogP contribution in [-0.4, -0.2) is 20.1 Å². The Kier molecular flexibility index (Phi) is 2.96. The monoisotopic (exact) mass is 323 g/mol. The van der Waals surface area contributed by atoms with Gasteiger partial charge in [-0.2, -0.15) is 0 Å². The van der Waals surface area contributed by atoms with Gasteiger partial charge in [0.1, 0.15) is 11.4 Å². The van der Waals surface area contributed by atoms with Crippen LogP contribution in [0.15, 0.2) is 52.2 Å². The molecule has 2 heterocycles. The molecule has 0 amide bonds. The van der Waals surface area contributed by atoms with Crippen LogP contribution in [0.25, 0.3) is 32.9 Å². The molecule has 0 saturated heterocycles. The molecule has 0 radical (unpaired) electrons. The average molecular weight is 323 g/mol. The third kappa shape index (κ3) is 2.06. The molecule has 0 aliphatic heterocycles. The Bertz CT molecular complexity index is 1230. The molecule has 4 rings (SSSR count). The molecule has 0 atom stereocenters. The van der Waals surface area contributed by atoms with Gasteiger partial charge in [-0.25, -0.2) is 9.18 Å². The van der Waals surface area contributed by atoms with Crippen molar-refractivity contribution in [2.75, 3.05) is 0 Å². The second kappa shape index (κ2) is 5.02. The zero-order chi connectivity index (χ0) is 16.8. The second-order valence-corrected chi connectivity index (χ2v) is 5.33. The number of aromatic hydroxyl groups is 1. The molecular formula is C17H10FN3O3. The largest absolute Gasteiger partial charge is 0.508 e. The van der Waals surface area contributed by atoms with Crippen molar-refractivity contribution in [3.05, 3.63) is 69.3 Å². The van der Waals surface area contributed by atoms with Gasteiger partial charge in [0.2, 0.25) is 0 Å². The second-order valence-electron chi connectivity index (χ2n) is 5.33. The number of hydrogen-bond donors (Lipinski definition) is 3. The summed E-state index contributed by atoms with van der Waals surface area (Å²) in [4.78, 5) is 31.5. The molecule has 6 nitrogen and oxygen atoms in total. The van der Waals surface area contributed by atoms with Crippen molar-refractivity contribution in [3.63, 3.8) is 0 Å². The number of aromatic nitrogens is 3. The Balaban J connectivity index is 2.13. The van der Waals surface area contributed by atoms with Crippen molar-refractivity contribution in [2.45, 2.75) is 0 Å². The highest BCUT2D eigenvalue weighted by Crippen LogP contribution is 2.33. The summed E-state index contributed by atoms with van der Waals surface area (Å²) in [6.45, 7) is 0. The van der Waals surface area contributed by atoms with Gasteiger partial charge in [0.25, 0.3) is 5.56 Å². The number of fused-ring (bicyclic) bond motifs is 2. The lowest BCUT2D eigenvalue weighted by molar-refractivity contribution is 0.476. The molecule has 2 aromatic carbocycles. The van der Waals surface area contributed by atoms with E-state index in [1.807, 2.05) is 4.98 Å². The predicted octanol–water partition coefficient (Wildman–Crippen LogP) is 2.28. The first-order chi connectivity index (χ1) is 11.5. The van der Waals surface area contributed by atoms with Gasteiger partial charge in [-0.1, -0.05) is 24.3 Å². The molecule has 4 aromatic rings. The summed E-state index contributed by atoms with van der Waals surface area (Å²) < 4.78 is 14.9. The van der Waals surface area contributed by atoms with E-state index in [2.05, 4.69) is 9.97 Å². The van der Waals surface area contributed by atoms with Gasteiger partial charge in [-0.3, -0.25) is 14.8 Å². The maximum atomic E-state index is 14.9. The number of H-pyrrole nitrogens is 2. The van der Waals surface area contributed by atoms with Crippen molar-refractivity contribution in [1.82, 2.24) is 15.0 Å². The number of hydrogen-bond acceptors (Lipinski definition) is 4. The van der Waals surface area contributed by atoms with E-state index in [9.17, 15) is 19.1 Å². The van der Waals surface area contributed by atoms with Crippen LogP contribution in [-0.2, 0) is 0 Å². The van der Waals surface area contributed by atoms with Crippen molar-refractivity contribution >= 4 is 21.7 Å². The minimum Gasteiger partial charge on any atom is -0.508 e. The third-order valence-electron chi connectivity index (χ3n) is 3.83. The van der Waals surface area contributed by atoms with Crippen molar-refractivity contribution in [1.29, 1.82) is 0 Å². The topological polar surface area (TPSA) is 98.8 Å². The van der Waals surface area contributed by atoms with Crippen LogP contribution in [0.2, 0.25) is 0 Å². The number of nitrogens with one attached hydrogen (secondary N) is 2. The fourth-order valence-electron chi connectivity index (χ4n) is 2.78. The molecule has 0 spiro atoms. The number of phenolic OH excluding ortho intramolecular Hbond substituents is 1. The van der Waals surface area contributed by atoms with Crippen molar-refractivity contribution < 1.29 is 9.50 Å². The van der Waals surface area contributed by atoms with Crippen LogP contribution in [0.1, 0.15) is 0 Å². The fourth-order valence-corrected chi connectivity index (χ4v) is 2.78. The highest BCUT2D eigenvalue weighted by molar-refractivity contribution is 5.98. The van der Waals surface area contributed by atoms with Gasteiger partial charge >= 0.3 is 5.69 Å². The van der Waals surface area contributed by atoms with Gasteiger partial charge in [0.15, 0.2) is 5.82 Å². The van der Waals surface area contributed by atoms with E-state index in [4.69, 9.17) is 0 Å². The highest BCUT2D eigenvalue weighted by Gasteiger charge is 2.16. The van der Waals surface area contributed by atoms with Crippen LogP contribution in [0.5, 0.6) is 5.75 Å². The summed E-state index contributed by atoms with van der Waals surface area (Å²) >= 11 is 0. The Morgan fingerprint density at radius 2 is 1.83 bits per heavy atom. The zero-order valence-corrected chi connectivity index (χ0v) is 12.1. The first kappa shape index (κ1) is 14.1. The third-order valence-corrected chi connectivity index (χ3v) is 3.83. The molecule has 0 unspecified atom stereocenters. The van der Waals surface area contributed by atoms with Crippen LogP contribution in [0, 0.1) is 5.82 Å². The number of nitrogens with zero attached hydrogens (tertiary/aromatic N) is 1. The molecule has 0 saturated carbocycles. The van der Waals surface area contributed by atoms with E-state index in [-0.39, 0.29) is 22.3 Å². The molecule has 118 valence electrons. The van der Waals surface area contributed by atoms with E-state index in [1.54, 1.807) is 30.3 Å². The molecule has 0 aliphatic rings. The van der Waals surface area contributed by atoms with Gasteiger partial charge in [0, 0.05) is 11.8 Å². The Morgan fingerprint density at radius 1 is 1.04 bits per heavy atom. The van der Waals surface area contributed by atoms with Crippen molar-refractivity contribution in [2.24, 2.45) is 0 Å². The number of phenols is 1. The quantitative estimate of drug-likeness (QED) is 0.500. The number of pyridine rings is 1. The summed E-state index contributed by atoms with van der Waals surface area (Å²) in [5.74, 6) is -0.865. The van der Waals surface area contributed by atoms with E-state index in [0.717, 1.165) is 0 Å². The van der Waals surface area contributed by atoms with Crippen LogP contribution < -0.4 is 11.2 Å². The van der Waals surface area contributed by atoms with E-state index in [0.29, 0.717) is 16.3 Å². The van der Waals surface area contributed by atoms with Crippen LogP contribution >= 0.6 is 0 Å². The molecule has 2 aromatic heterocycles. The molecule has 0 aliphatic carbocycles. The maximum absolute atomic E-state index is 14.9. The number of benzene rings is 2. The number of halogens is 1. The lowest BCUT2D eigenvalue weighted by atomic mass is 10.0. The average Bonchev–Trinajstić information content (AvgIpc) is 2.55. The van der Waals surface area contributed by atoms with E-state index < -0.39 is 17.1 Å². The highest BCUT2D eigenvalue weighted by atomic mass is 19.1. The molecule has 7 heteroatoms. The molecular weight excluding hydrogens is 313 g/mol. The van der Waals surface area contributed by atoms with Crippen molar-refractivity contribution in [3.8, 4) is 17.0 Å². The SMILES string of the molecule is O=c1[nH]c(=O)c2cnc(-c3cc(O)cc4ccccc34)c(F)c2[nH]1. The minimum atomic E-state index is -0.827. The maximum Gasteiger partial charge on any atom is 0.326 e. The smallest absolute Gasteiger partial charge is 0.326 e. The predicted molar refractivity (Wildman–Crippen MR) is 87.5 cm³/mol. The number of rotatable bonds is 1. The van der Waals surface area contributed by atoms with E-state index in [1.165, 1.54) is 12.3 Å². The lowest BCUT2D eigenvalue weighted by Gasteiger charge is -2.09. The summed E-state index contributed by atoms with van der Waals surface area (Å²) in [6.07, 6.45) is 1.20. The standard InChI is InChI=1S/C17H10FN3O3/c18-13-14(19-7-12-15(13)20-17(24)21-16(12)23)11-6-9(22)5-8-3-1-2-4-10(8)11/h1-7,22H,(H2,20,21,23,24). The summed E-state index contributed by atoms with van der Waals surface area (Å²) in [5, 5.41) is 11.3. The zero-order valence-electron chi connectivity index (χ0n) is 12.1. The minimum absolute atomic E-state index is 0.0376. The molecule has 24 heavy (non-hydrogen) atoms. The molecule has 3 N–H and O–H groups in total. The first-order valence-corrected chi connectivity index (χ1v) is 7.07. The summed E-state index contributed by atoms with van der Waals surface area (Å²) in [6, 6.07) is 10.1. The first-order valence-electron chi connectivity index (χ1n) is 7.07. The Morgan fingerprint density at radius 3 is 2.67 bits per heavy atom. The van der Waals surface area contributed by atoms with Crippen LogP contribution in [0.3, 0.4) is 0 Å².